The zero-order chi connectivity index (χ0) is 14.4. The molecule has 0 fully saturated rings. The number of hydrogen-bond donors (Lipinski definition) is 3. The second-order valence-corrected chi connectivity index (χ2v) is 4.55. The van der Waals surface area contributed by atoms with Crippen molar-refractivity contribution in [2.24, 2.45) is 0 Å². The third-order valence-corrected chi connectivity index (χ3v) is 3.02. The summed E-state index contributed by atoms with van der Waals surface area (Å²) in [6.07, 6.45) is 7.15. The Morgan fingerprint density at radius 1 is 1.35 bits per heavy atom. The van der Waals surface area contributed by atoms with E-state index in [2.05, 4.69) is 27.0 Å². The van der Waals surface area contributed by atoms with Gasteiger partial charge < -0.3 is 10.6 Å². The highest BCUT2D eigenvalue weighted by molar-refractivity contribution is 5.93. The van der Waals surface area contributed by atoms with Gasteiger partial charge in [-0.15, -0.1) is 0 Å². The van der Waals surface area contributed by atoms with E-state index in [9.17, 15) is 9.59 Å². The topological polar surface area (TPSA) is 83.1 Å². The third-order valence-electron chi connectivity index (χ3n) is 3.02. The van der Waals surface area contributed by atoms with Gasteiger partial charge in [-0.05, 0) is 31.4 Å². The van der Waals surface area contributed by atoms with Crippen molar-refractivity contribution < 1.29 is 9.59 Å². The Balaban J connectivity index is 1.95. The maximum absolute atomic E-state index is 11.8. The molecule has 1 aliphatic carbocycles. The minimum Gasteiger partial charge on any atom is -0.354 e. The van der Waals surface area contributed by atoms with Crippen LogP contribution in [-0.4, -0.2) is 30.0 Å². The maximum atomic E-state index is 11.8. The number of amides is 3. The highest BCUT2D eigenvalue weighted by atomic mass is 16.2. The molecule has 20 heavy (non-hydrogen) atoms. The molecule has 1 aromatic heterocycles. The van der Waals surface area contributed by atoms with E-state index in [1.807, 2.05) is 6.08 Å². The number of urea groups is 1. The van der Waals surface area contributed by atoms with Gasteiger partial charge in [-0.3, -0.25) is 10.1 Å². The van der Waals surface area contributed by atoms with Crippen LogP contribution in [0.25, 0.3) is 0 Å². The van der Waals surface area contributed by atoms with E-state index >= 15 is 0 Å². The highest BCUT2D eigenvalue weighted by Crippen LogP contribution is 2.10. The third kappa shape index (κ3) is 3.81. The molecule has 0 bridgehead atoms. The first-order chi connectivity index (χ1) is 9.69. The SMILES string of the molecule is CNC(=O)c1cccc(NC(=O)N[C@H]2C=CCCC2)n1. The van der Waals surface area contributed by atoms with Crippen molar-refractivity contribution in [3.63, 3.8) is 0 Å². The lowest BCUT2D eigenvalue weighted by Gasteiger charge is -2.18. The largest absolute Gasteiger partial charge is 0.354 e. The molecular formula is C14H18N4O2. The standard InChI is InChI=1S/C14H18N4O2/c1-15-13(19)11-8-5-9-12(17-11)18-14(20)16-10-6-3-2-4-7-10/h3,5-6,8-10H,2,4,7H2,1H3,(H,15,19)(H2,16,17,18,20)/t10-/m0/s1. The molecule has 0 aromatic carbocycles. The first-order valence-corrected chi connectivity index (χ1v) is 6.62. The van der Waals surface area contributed by atoms with Crippen molar-refractivity contribution in [3.05, 3.63) is 36.0 Å². The monoisotopic (exact) mass is 274 g/mol. The van der Waals surface area contributed by atoms with E-state index in [4.69, 9.17) is 0 Å². The lowest BCUT2D eigenvalue weighted by atomic mass is 10.0. The number of aromatic nitrogens is 1. The van der Waals surface area contributed by atoms with Gasteiger partial charge in [0.2, 0.25) is 0 Å². The molecule has 0 saturated carbocycles. The summed E-state index contributed by atoms with van der Waals surface area (Å²) < 4.78 is 0. The first kappa shape index (κ1) is 14.0. The molecule has 0 unspecified atom stereocenters. The van der Waals surface area contributed by atoms with Gasteiger partial charge in [0.1, 0.15) is 11.5 Å². The van der Waals surface area contributed by atoms with Crippen molar-refractivity contribution >= 4 is 17.8 Å². The second-order valence-electron chi connectivity index (χ2n) is 4.55. The highest BCUT2D eigenvalue weighted by Gasteiger charge is 2.12. The van der Waals surface area contributed by atoms with Gasteiger partial charge in [0.15, 0.2) is 0 Å². The number of pyridine rings is 1. The predicted octanol–water partition coefficient (Wildman–Crippen LogP) is 1.67. The van der Waals surface area contributed by atoms with E-state index in [1.165, 1.54) is 7.05 Å². The summed E-state index contributed by atoms with van der Waals surface area (Å²) in [6, 6.07) is 4.65. The number of hydrogen-bond acceptors (Lipinski definition) is 3. The van der Waals surface area contributed by atoms with E-state index < -0.39 is 0 Å². The van der Waals surface area contributed by atoms with E-state index in [0.717, 1.165) is 19.3 Å². The van der Waals surface area contributed by atoms with Crippen molar-refractivity contribution in [1.29, 1.82) is 0 Å². The summed E-state index contributed by atoms with van der Waals surface area (Å²) in [5, 5.41) is 7.97. The number of allylic oxidation sites excluding steroid dienone is 1. The van der Waals surface area contributed by atoms with Crippen LogP contribution in [-0.2, 0) is 0 Å². The Morgan fingerprint density at radius 3 is 2.90 bits per heavy atom. The summed E-state index contributed by atoms with van der Waals surface area (Å²) in [7, 11) is 1.53. The molecule has 106 valence electrons. The fourth-order valence-corrected chi connectivity index (χ4v) is 2.01. The molecule has 3 amide bonds. The minimum atomic E-state index is -0.317. The van der Waals surface area contributed by atoms with E-state index in [-0.39, 0.29) is 23.7 Å². The average molecular weight is 274 g/mol. The number of carbonyl (C=O) groups excluding carboxylic acids is 2. The van der Waals surface area contributed by atoms with Gasteiger partial charge in [-0.2, -0.15) is 0 Å². The molecule has 6 heteroatoms. The van der Waals surface area contributed by atoms with Gasteiger partial charge in [0, 0.05) is 13.1 Å². The molecule has 0 saturated heterocycles. The predicted molar refractivity (Wildman–Crippen MR) is 76.6 cm³/mol. The summed E-state index contributed by atoms with van der Waals surface area (Å²) in [5.41, 5.74) is 0.267. The maximum Gasteiger partial charge on any atom is 0.320 e. The fourth-order valence-electron chi connectivity index (χ4n) is 2.01. The van der Waals surface area contributed by atoms with Crippen LogP contribution in [0.5, 0.6) is 0 Å². The molecule has 0 spiro atoms. The molecule has 1 aromatic rings. The molecule has 1 aliphatic rings. The summed E-state index contributed by atoms with van der Waals surface area (Å²) >= 11 is 0. The zero-order valence-electron chi connectivity index (χ0n) is 11.3. The molecule has 1 atom stereocenters. The normalized spacial score (nSPS) is 17.4. The summed E-state index contributed by atoms with van der Waals surface area (Å²) in [6.45, 7) is 0. The lowest BCUT2D eigenvalue weighted by Crippen LogP contribution is -2.37. The van der Waals surface area contributed by atoms with Gasteiger partial charge in [0.05, 0.1) is 0 Å². The zero-order valence-corrected chi connectivity index (χ0v) is 11.3. The number of nitrogens with one attached hydrogen (secondary N) is 3. The summed E-state index contributed by atoms with van der Waals surface area (Å²) in [4.78, 5) is 27.4. The molecule has 3 N–H and O–H groups in total. The quantitative estimate of drug-likeness (QED) is 0.733. The first-order valence-electron chi connectivity index (χ1n) is 6.62. The molecule has 6 nitrogen and oxygen atoms in total. The van der Waals surface area contributed by atoms with Crippen molar-refractivity contribution in [1.82, 2.24) is 15.6 Å². The Labute approximate surface area is 117 Å². The van der Waals surface area contributed by atoms with Gasteiger partial charge in [0.25, 0.3) is 5.91 Å². The van der Waals surface area contributed by atoms with Gasteiger partial charge >= 0.3 is 6.03 Å². The number of nitrogens with zero attached hydrogens (tertiary/aromatic N) is 1. The summed E-state index contributed by atoms with van der Waals surface area (Å²) in [5.74, 6) is 0.0626. The van der Waals surface area contributed by atoms with Crippen molar-refractivity contribution in [2.75, 3.05) is 12.4 Å². The van der Waals surface area contributed by atoms with Crippen LogP contribution in [0.1, 0.15) is 29.8 Å². The van der Waals surface area contributed by atoms with Crippen LogP contribution in [0, 0.1) is 0 Å². The Bertz CT molecular complexity index is 528. The second kappa shape index (κ2) is 6.70. The van der Waals surface area contributed by atoms with Gasteiger partial charge in [-0.25, -0.2) is 9.78 Å². The number of anilines is 1. The minimum absolute atomic E-state index is 0.0610. The number of rotatable bonds is 3. The average Bonchev–Trinajstić information content (AvgIpc) is 2.47. The molecular weight excluding hydrogens is 256 g/mol. The Morgan fingerprint density at radius 2 is 2.20 bits per heavy atom. The Kier molecular flexibility index (Phi) is 4.70. The molecule has 0 aliphatic heterocycles. The van der Waals surface area contributed by atoms with Crippen LogP contribution in [0.4, 0.5) is 10.6 Å². The molecule has 1 heterocycles. The molecule has 2 rings (SSSR count). The molecule has 0 radical (unpaired) electrons. The van der Waals surface area contributed by atoms with E-state index in [0.29, 0.717) is 5.82 Å². The van der Waals surface area contributed by atoms with E-state index in [1.54, 1.807) is 18.2 Å². The smallest absolute Gasteiger partial charge is 0.320 e. The lowest BCUT2D eigenvalue weighted by molar-refractivity contribution is 0.0958. The van der Waals surface area contributed by atoms with Crippen LogP contribution in [0.3, 0.4) is 0 Å². The van der Waals surface area contributed by atoms with Crippen molar-refractivity contribution in [3.8, 4) is 0 Å². The van der Waals surface area contributed by atoms with Crippen molar-refractivity contribution in [2.45, 2.75) is 25.3 Å². The van der Waals surface area contributed by atoms with Crippen LogP contribution >= 0.6 is 0 Å². The Hall–Kier alpha value is -2.37. The van der Waals surface area contributed by atoms with Crippen LogP contribution < -0.4 is 16.0 Å². The van der Waals surface area contributed by atoms with Gasteiger partial charge in [-0.1, -0.05) is 18.2 Å². The van der Waals surface area contributed by atoms with Crippen LogP contribution in [0.15, 0.2) is 30.4 Å². The van der Waals surface area contributed by atoms with Crippen LogP contribution in [0.2, 0.25) is 0 Å². The fraction of sp³-hybridized carbons (Fsp3) is 0.357. The number of carbonyl (C=O) groups is 2.